The van der Waals surface area contributed by atoms with Crippen LogP contribution in [0.15, 0.2) is 115 Å². The first kappa shape index (κ1) is 29.9. The summed E-state index contributed by atoms with van der Waals surface area (Å²) in [4.78, 5) is 14.2. The first-order chi connectivity index (χ1) is 23.0. The molecule has 0 amide bonds. The van der Waals surface area contributed by atoms with Crippen LogP contribution in [0, 0.1) is 0 Å². The third-order valence-electron chi connectivity index (χ3n) is 9.62. The van der Waals surface area contributed by atoms with Crippen molar-refractivity contribution in [3.8, 4) is 39.7 Å². The molecule has 0 aliphatic rings. The molecule has 0 unspecified atom stereocenters. The fourth-order valence-electron chi connectivity index (χ4n) is 6.80. The minimum absolute atomic E-state index is 0.0302. The lowest BCUT2D eigenvalue weighted by Gasteiger charge is -2.21. The monoisotopic (exact) mass is 627 g/mol. The zero-order chi connectivity index (χ0) is 33.4. The number of aryl methyl sites for hydroxylation is 1. The molecule has 238 valence electrons. The van der Waals surface area contributed by atoms with E-state index in [0.29, 0.717) is 0 Å². The molecule has 4 aromatic carbocycles. The molecule has 0 fully saturated rings. The van der Waals surface area contributed by atoms with Gasteiger partial charge in [0.2, 0.25) is 0 Å². The van der Waals surface area contributed by atoms with E-state index in [0.717, 1.165) is 67.3 Å². The van der Waals surface area contributed by atoms with E-state index in [4.69, 9.17) is 9.97 Å². The van der Waals surface area contributed by atoms with E-state index in [1.54, 1.807) is 0 Å². The van der Waals surface area contributed by atoms with E-state index in [1.807, 2.05) is 6.07 Å². The molecular formula is C43H41N5. The summed E-state index contributed by atoms with van der Waals surface area (Å²) in [5.41, 5.74) is 12.0. The topological polar surface area (TPSA) is 51.4 Å². The van der Waals surface area contributed by atoms with Crippen molar-refractivity contribution in [2.75, 3.05) is 0 Å². The van der Waals surface area contributed by atoms with Crippen molar-refractivity contribution in [3.05, 3.63) is 126 Å². The fourth-order valence-corrected chi connectivity index (χ4v) is 6.80. The number of hydrogen-bond acceptors (Lipinski definition) is 2. The number of imidazole rings is 1. The number of aromatic amines is 1. The van der Waals surface area contributed by atoms with E-state index in [9.17, 15) is 0 Å². The fraction of sp³-hybridized carbons (Fsp3) is 0.209. The second-order valence-corrected chi connectivity index (χ2v) is 15.0. The van der Waals surface area contributed by atoms with Gasteiger partial charge in [-0.05, 0) is 94.3 Å². The third kappa shape index (κ3) is 5.02. The predicted octanol–water partition coefficient (Wildman–Crippen LogP) is 11.0. The zero-order valence-electron chi connectivity index (χ0n) is 28.8. The van der Waals surface area contributed by atoms with Crippen LogP contribution in [0.3, 0.4) is 0 Å². The van der Waals surface area contributed by atoms with Crippen LogP contribution in [0.25, 0.3) is 72.7 Å². The molecule has 0 atom stereocenters. The number of benzene rings is 4. The smallest absolute Gasteiger partial charge is 0.147 e. The van der Waals surface area contributed by atoms with E-state index in [1.165, 1.54) is 16.5 Å². The maximum Gasteiger partial charge on any atom is 0.147 e. The molecule has 1 N–H and O–H groups in total. The summed E-state index contributed by atoms with van der Waals surface area (Å²) in [7, 11) is 2.10. The third-order valence-corrected chi connectivity index (χ3v) is 9.62. The summed E-state index contributed by atoms with van der Waals surface area (Å²) in [6.07, 6.45) is 0. The second kappa shape index (κ2) is 10.8. The normalized spacial score (nSPS) is 12.5. The van der Waals surface area contributed by atoms with Gasteiger partial charge in [0.05, 0.1) is 22.2 Å². The average molecular weight is 628 g/mol. The first-order valence-electron chi connectivity index (χ1n) is 16.7. The molecule has 8 aromatic rings. The summed E-state index contributed by atoms with van der Waals surface area (Å²) in [5.74, 6) is 1.94. The molecule has 0 radical (unpaired) electrons. The van der Waals surface area contributed by atoms with E-state index < -0.39 is 0 Å². The maximum absolute atomic E-state index is 5.47. The van der Waals surface area contributed by atoms with Gasteiger partial charge in [0.25, 0.3) is 0 Å². The van der Waals surface area contributed by atoms with Crippen LogP contribution in [0.1, 0.15) is 52.7 Å². The lowest BCUT2D eigenvalue weighted by atomic mass is 9.84. The number of H-pyrrole nitrogens is 1. The number of pyridine rings is 1. The number of fused-ring (bicyclic) bond motifs is 4. The van der Waals surface area contributed by atoms with Gasteiger partial charge in [0.15, 0.2) is 0 Å². The molecule has 0 aliphatic carbocycles. The van der Waals surface area contributed by atoms with Crippen LogP contribution in [0.4, 0.5) is 0 Å². The summed E-state index contributed by atoms with van der Waals surface area (Å²) in [6, 6.07) is 41.3. The molecule has 8 rings (SSSR count). The van der Waals surface area contributed by atoms with Crippen molar-refractivity contribution in [1.29, 1.82) is 0 Å². The molecule has 0 saturated heterocycles. The van der Waals surface area contributed by atoms with Crippen molar-refractivity contribution in [2.45, 2.75) is 52.4 Å². The Morgan fingerprint density at radius 2 is 1.29 bits per heavy atom. The summed E-state index contributed by atoms with van der Waals surface area (Å²) in [5, 5.41) is 2.34. The average Bonchev–Trinajstić information content (AvgIpc) is 3.78. The minimum Gasteiger partial charge on any atom is -0.341 e. The SMILES string of the molecule is Cn1c(-c2cc(-c3ccc4c5cc(C(C)(C)C)ccc5n(-c5ccc(-c6ccccc6)[nH]5)c4n3)cc(C(C)(C)C)c2)nc2ccccc21. The second-order valence-electron chi connectivity index (χ2n) is 15.0. The zero-order valence-corrected chi connectivity index (χ0v) is 28.8. The Balaban J connectivity index is 1.36. The first-order valence-corrected chi connectivity index (χ1v) is 16.7. The van der Waals surface area contributed by atoms with Gasteiger partial charge in [-0.25, -0.2) is 9.97 Å². The van der Waals surface area contributed by atoms with Gasteiger partial charge in [-0.2, -0.15) is 0 Å². The molecule has 0 saturated carbocycles. The molecule has 48 heavy (non-hydrogen) atoms. The maximum atomic E-state index is 5.47. The molecule has 5 nitrogen and oxygen atoms in total. The van der Waals surface area contributed by atoms with Crippen LogP contribution in [-0.4, -0.2) is 24.1 Å². The lowest BCUT2D eigenvalue weighted by molar-refractivity contribution is 0.590. The predicted molar refractivity (Wildman–Crippen MR) is 201 cm³/mol. The number of aromatic nitrogens is 5. The Hall–Kier alpha value is -5.42. The molecular weight excluding hydrogens is 587 g/mol. The van der Waals surface area contributed by atoms with Gasteiger partial charge in [-0.1, -0.05) is 90.1 Å². The minimum atomic E-state index is -0.0597. The quantitative estimate of drug-likeness (QED) is 0.211. The highest BCUT2D eigenvalue weighted by Crippen LogP contribution is 2.38. The summed E-state index contributed by atoms with van der Waals surface area (Å²) >= 11 is 0. The molecule has 5 heteroatoms. The van der Waals surface area contributed by atoms with Gasteiger partial charge in [-0.15, -0.1) is 0 Å². The van der Waals surface area contributed by atoms with Gasteiger partial charge >= 0.3 is 0 Å². The summed E-state index contributed by atoms with van der Waals surface area (Å²) in [6.45, 7) is 13.6. The standard InChI is InChI=1S/C43H41N5/c1-42(2,3)30-17-21-37-33(26-30)32-18-19-35(45-41(32)48(37)39-22-20-34(44-39)27-13-9-8-10-14-27)28-23-29(25-31(24-28)43(4,5)6)40-46-36-15-11-12-16-38(36)47(40)7/h8-26,44H,1-7H3. The largest absolute Gasteiger partial charge is 0.341 e. The van der Waals surface area contributed by atoms with Gasteiger partial charge in [0, 0.05) is 34.6 Å². The van der Waals surface area contributed by atoms with Crippen molar-refractivity contribution >= 4 is 33.0 Å². The Morgan fingerprint density at radius 3 is 2.04 bits per heavy atom. The van der Waals surface area contributed by atoms with Gasteiger partial charge in [0.1, 0.15) is 17.3 Å². The van der Waals surface area contributed by atoms with Gasteiger partial charge in [-0.3, -0.25) is 4.57 Å². The molecule has 4 aromatic heterocycles. The molecule has 0 bridgehead atoms. The van der Waals surface area contributed by atoms with Crippen molar-refractivity contribution in [3.63, 3.8) is 0 Å². The Bertz CT molecular complexity index is 2480. The van der Waals surface area contributed by atoms with Crippen molar-refractivity contribution < 1.29 is 0 Å². The Morgan fingerprint density at radius 1 is 0.562 bits per heavy atom. The summed E-state index contributed by atoms with van der Waals surface area (Å²) < 4.78 is 4.48. The van der Waals surface area contributed by atoms with Crippen molar-refractivity contribution in [2.24, 2.45) is 7.05 Å². The Kier molecular flexibility index (Phi) is 6.75. The van der Waals surface area contributed by atoms with Crippen molar-refractivity contribution in [1.82, 2.24) is 24.1 Å². The molecule has 0 aliphatic heterocycles. The highest BCUT2D eigenvalue weighted by molar-refractivity contribution is 6.08. The van der Waals surface area contributed by atoms with Crippen LogP contribution in [-0.2, 0) is 17.9 Å². The lowest BCUT2D eigenvalue weighted by Crippen LogP contribution is -2.11. The Labute approximate surface area is 281 Å². The highest BCUT2D eigenvalue weighted by atomic mass is 15.1. The highest BCUT2D eigenvalue weighted by Gasteiger charge is 2.22. The van der Waals surface area contributed by atoms with E-state index >= 15 is 0 Å². The number of rotatable bonds is 4. The van der Waals surface area contributed by atoms with Crippen LogP contribution < -0.4 is 0 Å². The van der Waals surface area contributed by atoms with Gasteiger partial charge < -0.3 is 9.55 Å². The molecule has 0 spiro atoms. The van der Waals surface area contributed by atoms with E-state index in [-0.39, 0.29) is 10.8 Å². The number of nitrogens with zero attached hydrogens (tertiary/aromatic N) is 4. The van der Waals surface area contributed by atoms with E-state index in [2.05, 4.69) is 172 Å². The number of para-hydroxylation sites is 2. The number of hydrogen-bond donors (Lipinski definition) is 1. The van der Waals surface area contributed by atoms with Crippen LogP contribution >= 0.6 is 0 Å². The number of nitrogens with one attached hydrogen (secondary N) is 1. The van der Waals surface area contributed by atoms with Crippen LogP contribution in [0.5, 0.6) is 0 Å². The van der Waals surface area contributed by atoms with Crippen LogP contribution in [0.2, 0.25) is 0 Å². The molecule has 4 heterocycles.